The van der Waals surface area contributed by atoms with E-state index in [4.69, 9.17) is 9.47 Å². The predicted molar refractivity (Wildman–Crippen MR) is 101 cm³/mol. The average molecular weight is 330 g/mol. The minimum atomic E-state index is 0.743. The van der Waals surface area contributed by atoms with Gasteiger partial charge in [-0.2, -0.15) is 0 Å². The van der Waals surface area contributed by atoms with Gasteiger partial charge in [-0.15, -0.1) is 0 Å². The van der Waals surface area contributed by atoms with Gasteiger partial charge in [0.15, 0.2) is 0 Å². The summed E-state index contributed by atoms with van der Waals surface area (Å²) in [5.41, 5.74) is 0. The van der Waals surface area contributed by atoms with Crippen molar-refractivity contribution in [3.8, 4) is 0 Å². The lowest BCUT2D eigenvalue weighted by atomic mass is 10.0. The van der Waals surface area contributed by atoms with Crippen LogP contribution in [-0.4, -0.2) is 39.5 Å². The molecule has 0 aliphatic rings. The van der Waals surface area contributed by atoms with Crippen LogP contribution < -0.4 is 5.32 Å². The van der Waals surface area contributed by atoms with Crippen LogP contribution in [0.1, 0.15) is 79.1 Å². The first-order valence-electron chi connectivity index (χ1n) is 10.1. The zero-order chi connectivity index (χ0) is 17.2. The Morgan fingerprint density at radius 3 is 1.48 bits per heavy atom. The quantitative estimate of drug-likeness (QED) is 0.357. The lowest BCUT2D eigenvalue weighted by Crippen LogP contribution is -2.25. The summed E-state index contributed by atoms with van der Waals surface area (Å²) >= 11 is 0. The highest BCUT2D eigenvalue weighted by Gasteiger charge is 2.06. The number of hydrogen-bond donors (Lipinski definition) is 1. The van der Waals surface area contributed by atoms with E-state index in [0.717, 1.165) is 51.4 Å². The van der Waals surface area contributed by atoms with Crippen molar-refractivity contribution < 1.29 is 9.47 Å². The van der Waals surface area contributed by atoms with Crippen LogP contribution >= 0.6 is 0 Å². The topological polar surface area (TPSA) is 30.5 Å². The molecule has 0 saturated heterocycles. The summed E-state index contributed by atoms with van der Waals surface area (Å²) in [6.45, 7) is 14.4. The van der Waals surface area contributed by atoms with Crippen LogP contribution in [0.25, 0.3) is 0 Å². The van der Waals surface area contributed by atoms with E-state index in [1.807, 2.05) is 0 Å². The van der Waals surface area contributed by atoms with Gasteiger partial charge < -0.3 is 14.8 Å². The van der Waals surface area contributed by atoms with E-state index in [1.54, 1.807) is 0 Å². The van der Waals surface area contributed by atoms with E-state index in [2.05, 4.69) is 33.0 Å². The van der Waals surface area contributed by atoms with Gasteiger partial charge >= 0.3 is 0 Å². The number of unbranched alkanes of at least 4 members (excludes halogenated alkanes) is 2. The molecule has 140 valence electrons. The van der Waals surface area contributed by atoms with Gasteiger partial charge in [0.1, 0.15) is 0 Å². The fourth-order valence-electron chi connectivity index (χ4n) is 2.71. The van der Waals surface area contributed by atoms with Crippen molar-refractivity contribution in [1.82, 2.24) is 5.32 Å². The highest BCUT2D eigenvalue weighted by Crippen LogP contribution is 2.13. The van der Waals surface area contributed by atoms with Gasteiger partial charge in [0.2, 0.25) is 0 Å². The minimum absolute atomic E-state index is 0.743. The first-order chi connectivity index (χ1) is 11.3. The molecule has 0 unspecified atom stereocenters. The molecule has 23 heavy (non-hydrogen) atoms. The molecule has 0 spiro atoms. The lowest BCUT2D eigenvalue weighted by molar-refractivity contribution is 0.0841. The summed E-state index contributed by atoms with van der Waals surface area (Å²) in [7, 11) is 0. The Bertz CT molecular complexity index is 202. The predicted octanol–water partition coefficient (Wildman–Crippen LogP) is 5.04. The number of hydrogen-bond acceptors (Lipinski definition) is 3. The fraction of sp³-hybridized carbons (Fsp3) is 1.00. The molecule has 0 aliphatic heterocycles. The number of nitrogens with one attached hydrogen (secondary N) is 1. The van der Waals surface area contributed by atoms with Crippen molar-refractivity contribution in [3.05, 3.63) is 0 Å². The summed E-state index contributed by atoms with van der Waals surface area (Å²) in [5.74, 6) is 1.49. The van der Waals surface area contributed by atoms with Crippen LogP contribution in [0.2, 0.25) is 0 Å². The Balaban J connectivity index is 3.35. The molecule has 0 aliphatic carbocycles. The van der Waals surface area contributed by atoms with Crippen LogP contribution in [-0.2, 0) is 9.47 Å². The summed E-state index contributed by atoms with van der Waals surface area (Å²) in [5, 5.41) is 3.41. The largest absolute Gasteiger partial charge is 0.380 e. The lowest BCUT2D eigenvalue weighted by Gasteiger charge is -2.15. The Hall–Kier alpha value is -0.120. The molecule has 0 radical (unpaired) electrons. The van der Waals surface area contributed by atoms with Gasteiger partial charge in [-0.05, 0) is 24.7 Å². The zero-order valence-electron chi connectivity index (χ0n) is 16.4. The second-order valence-electron chi connectivity index (χ2n) is 6.73. The fourth-order valence-corrected chi connectivity index (χ4v) is 2.71. The van der Waals surface area contributed by atoms with Crippen LogP contribution in [0.5, 0.6) is 0 Å². The molecule has 0 aromatic rings. The van der Waals surface area contributed by atoms with Crippen LogP contribution in [0.15, 0.2) is 0 Å². The Morgan fingerprint density at radius 1 is 0.696 bits per heavy atom. The maximum absolute atomic E-state index is 5.79. The van der Waals surface area contributed by atoms with Crippen molar-refractivity contribution in [2.45, 2.75) is 79.1 Å². The van der Waals surface area contributed by atoms with E-state index in [9.17, 15) is 0 Å². The smallest absolute Gasteiger partial charge is 0.0591 e. The highest BCUT2D eigenvalue weighted by molar-refractivity contribution is 4.57. The minimum Gasteiger partial charge on any atom is -0.380 e. The summed E-state index contributed by atoms with van der Waals surface area (Å²) in [6, 6.07) is 0. The third-order valence-corrected chi connectivity index (χ3v) is 4.64. The molecule has 2 atom stereocenters. The first kappa shape index (κ1) is 22.9. The van der Waals surface area contributed by atoms with Gasteiger partial charge in [-0.3, -0.25) is 0 Å². The normalized spacial score (nSPS) is 14.1. The SMILES string of the molecule is CCCC[C@H](CC)COCCNCCOC[C@@H](CC)CCCC. The van der Waals surface area contributed by atoms with Crippen LogP contribution in [0, 0.1) is 11.8 Å². The van der Waals surface area contributed by atoms with Crippen molar-refractivity contribution in [2.24, 2.45) is 11.8 Å². The number of rotatable bonds is 18. The molecule has 0 fully saturated rings. The van der Waals surface area contributed by atoms with E-state index in [-0.39, 0.29) is 0 Å². The van der Waals surface area contributed by atoms with E-state index >= 15 is 0 Å². The summed E-state index contributed by atoms with van der Waals surface area (Å²) in [6.07, 6.45) is 10.3. The van der Waals surface area contributed by atoms with E-state index in [1.165, 1.54) is 51.4 Å². The molecule has 3 nitrogen and oxygen atoms in total. The highest BCUT2D eigenvalue weighted by atomic mass is 16.5. The third kappa shape index (κ3) is 15.2. The van der Waals surface area contributed by atoms with Crippen molar-refractivity contribution in [2.75, 3.05) is 39.5 Å². The molecule has 0 rings (SSSR count). The molecule has 0 heterocycles. The Morgan fingerprint density at radius 2 is 1.13 bits per heavy atom. The van der Waals surface area contributed by atoms with Gasteiger partial charge in [0, 0.05) is 26.3 Å². The molecule has 0 saturated carbocycles. The maximum Gasteiger partial charge on any atom is 0.0591 e. The molecule has 0 amide bonds. The second kappa shape index (κ2) is 18.2. The van der Waals surface area contributed by atoms with Crippen LogP contribution in [0.3, 0.4) is 0 Å². The maximum atomic E-state index is 5.79. The molecule has 1 N–H and O–H groups in total. The summed E-state index contributed by atoms with van der Waals surface area (Å²) in [4.78, 5) is 0. The molecule has 0 aromatic carbocycles. The van der Waals surface area contributed by atoms with Crippen molar-refractivity contribution >= 4 is 0 Å². The van der Waals surface area contributed by atoms with E-state index in [0.29, 0.717) is 0 Å². The molecule has 3 heteroatoms. The third-order valence-electron chi connectivity index (χ3n) is 4.64. The Kier molecular flexibility index (Phi) is 18.1. The van der Waals surface area contributed by atoms with Gasteiger partial charge in [0.05, 0.1) is 13.2 Å². The molecule has 0 bridgehead atoms. The Labute approximate surface area is 145 Å². The monoisotopic (exact) mass is 329 g/mol. The van der Waals surface area contributed by atoms with Gasteiger partial charge in [0.25, 0.3) is 0 Å². The zero-order valence-corrected chi connectivity index (χ0v) is 16.4. The molecular weight excluding hydrogens is 286 g/mol. The second-order valence-corrected chi connectivity index (χ2v) is 6.73. The standard InChI is InChI=1S/C20H43NO2/c1-5-9-11-19(7-3)17-22-15-13-21-14-16-23-18-20(8-4)12-10-6-2/h19-21H,5-18H2,1-4H3/t19-,20-/m0/s1. The van der Waals surface area contributed by atoms with Crippen molar-refractivity contribution in [1.29, 1.82) is 0 Å². The van der Waals surface area contributed by atoms with Crippen LogP contribution in [0.4, 0.5) is 0 Å². The molecule has 0 aromatic heterocycles. The number of ether oxygens (including phenoxy) is 2. The average Bonchev–Trinajstić information content (AvgIpc) is 2.58. The van der Waals surface area contributed by atoms with Gasteiger partial charge in [-0.25, -0.2) is 0 Å². The van der Waals surface area contributed by atoms with Crippen molar-refractivity contribution in [3.63, 3.8) is 0 Å². The van der Waals surface area contributed by atoms with Gasteiger partial charge in [-0.1, -0.05) is 66.2 Å². The molecular formula is C20H43NO2. The summed E-state index contributed by atoms with van der Waals surface area (Å²) < 4.78 is 11.6. The van der Waals surface area contributed by atoms with E-state index < -0.39 is 0 Å². The first-order valence-corrected chi connectivity index (χ1v) is 10.1.